The average molecular weight is 419 g/mol. The van der Waals surface area contributed by atoms with Crippen molar-refractivity contribution in [1.82, 2.24) is 4.98 Å². The van der Waals surface area contributed by atoms with Crippen LogP contribution in [-0.4, -0.2) is 22.5 Å². The van der Waals surface area contributed by atoms with Gasteiger partial charge in [0.25, 0.3) is 0 Å². The van der Waals surface area contributed by atoms with Gasteiger partial charge in [0.2, 0.25) is 5.89 Å². The number of oxazole rings is 1. The third kappa shape index (κ3) is 3.26. The van der Waals surface area contributed by atoms with E-state index in [-0.39, 0.29) is 35.6 Å². The zero-order valence-corrected chi connectivity index (χ0v) is 15.0. The zero-order valence-electron chi connectivity index (χ0n) is 14.2. The Bertz CT molecular complexity index is 932. The van der Waals surface area contributed by atoms with Gasteiger partial charge in [-0.05, 0) is 12.5 Å². The van der Waals surface area contributed by atoms with E-state index in [1.54, 1.807) is 0 Å². The second-order valence-corrected chi connectivity index (χ2v) is 7.65. The van der Waals surface area contributed by atoms with Crippen molar-refractivity contribution in [2.45, 2.75) is 24.2 Å². The number of alkyl halides is 3. The maximum absolute atomic E-state index is 14.5. The van der Waals surface area contributed by atoms with E-state index in [4.69, 9.17) is 14.9 Å². The van der Waals surface area contributed by atoms with Crippen LogP contribution in [-0.2, 0) is 16.5 Å². The summed E-state index contributed by atoms with van der Waals surface area (Å²) >= 11 is 1.26. The molecule has 2 aliphatic rings. The van der Waals surface area contributed by atoms with E-state index >= 15 is 0 Å². The van der Waals surface area contributed by atoms with Gasteiger partial charge >= 0.3 is 6.18 Å². The summed E-state index contributed by atoms with van der Waals surface area (Å²) in [5.41, 5.74) is 3.64. The van der Waals surface area contributed by atoms with Gasteiger partial charge in [0.05, 0.1) is 6.61 Å². The van der Waals surface area contributed by atoms with E-state index in [9.17, 15) is 22.0 Å². The first-order valence-corrected chi connectivity index (χ1v) is 9.25. The number of aromatic nitrogens is 1. The summed E-state index contributed by atoms with van der Waals surface area (Å²) in [7, 11) is 0. The monoisotopic (exact) mass is 419 g/mol. The maximum atomic E-state index is 14.5. The van der Waals surface area contributed by atoms with Crippen LogP contribution in [0, 0.1) is 17.6 Å². The number of nitrogens with zero attached hydrogens (tertiary/aromatic N) is 2. The Hall–Kier alpha value is -2.14. The lowest BCUT2D eigenvalue weighted by atomic mass is 9.75. The molecule has 2 aliphatic heterocycles. The third-order valence-electron chi connectivity index (χ3n) is 4.91. The van der Waals surface area contributed by atoms with Crippen LogP contribution in [0.25, 0.3) is 0 Å². The number of amidine groups is 1. The van der Waals surface area contributed by atoms with Crippen molar-refractivity contribution in [3.8, 4) is 0 Å². The number of ether oxygens (including phenoxy) is 1. The van der Waals surface area contributed by atoms with Gasteiger partial charge in [-0.3, -0.25) is 0 Å². The molecule has 150 valence electrons. The van der Waals surface area contributed by atoms with Crippen molar-refractivity contribution in [1.29, 1.82) is 0 Å². The summed E-state index contributed by atoms with van der Waals surface area (Å²) < 4.78 is 76.8. The maximum Gasteiger partial charge on any atom is 0.436 e. The number of halogens is 5. The molecule has 3 heterocycles. The Morgan fingerprint density at radius 3 is 2.71 bits per heavy atom. The van der Waals surface area contributed by atoms with Crippen LogP contribution in [0.2, 0.25) is 0 Å². The van der Waals surface area contributed by atoms with E-state index in [1.165, 1.54) is 17.8 Å². The molecule has 2 N–H and O–H groups in total. The molecule has 11 heteroatoms. The van der Waals surface area contributed by atoms with E-state index in [0.717, 1.165) is 12.1 Å². The Morgan fingerprint density at radius 1 is 1.25 bits per heavy atom. The van der Waals surface area contributed by atoms with Crippen molar-refractivity contribution < 1.29 is 31.1 Å². The highest BCUT2D eigenvalue weighted by molar-refractivity contribution is 8.13. The molecular weight excluding hydrogens is 405 g/mol. The number of aliphatic imine (C=N–C) groups is 1. The van der Waals surface area contributed by atoms with Crippen LogP contribution in [0.4, 0.5) is 22.0 Å². The smallest absolute Gasteiger partial charge is 0.436 e. The Labute approximate surface area is 160 Å². The highest BCUT2D eigenvalue weighted by atomic mass is 32.2. The quantitative estimate of drug-likeness (QED) is 0.745. The number of benzene rings is 1. The van der Waals surface area contributed by atoms with Crippen molar-refractivity contribution >= 4 is 16.9 Å². The summed E-state index contributed by atoms with van der Waals surface area (Å²) in [6.45, 7) is -0.157. The highest BCUT2D eigenvalue weighted by Gasteiger charge is 2.50. The lowest BCUT2D eigenvalue weighted by Gasteiger charge is -2.45. The van der Waals surface area contributed by atoms with Gasteiger partial charge in [0.15, 0.2) is 10.9 Å². The van der Waals surface area contributed by atoms with Gasteiger partial charge in [-0.1, -0.05) is 17.8 Å². The highest BCUT2D eigenvalue weighted by Crippen LogP contribution is 2.49. The van der Waals surface area contributed by atoms with Crippen LogP contribution >= 0.6 is 11.8 Å². The van der Waals surface area contributed by atoms with E-state index in [2.05, 4.69) is 9.98 Å². The summed E-state index contributed by atoms with van der Waals surface area (Å²) in [5, 5.41) is 0.234. The third-order valence-corrected chi connectivity index (χ3v) is 5.86. The number of fused-ring (bicyclic) bond motifs is 1. The minimum Gasteiger partial charge on any atom is -0.446 e. The Balaban J connectivity index is 1.67. The molecule has 0 saturated carbocycles. The predicted octanol–water partition coefficient (Wildman–Crippen LogP) is 4.01. The van der Waals surface area contributed by atoms with Crippen LogP contribution in [0.15, 0.2) is 33.9 Å². The fourth-order valence-corrected chi connectivity index (χ4v) is 4.56. The van der Waals surface area contributed by atoms with Crippen LogP contribution in [0.5, 0.6) is 0 Å². The first-order chi connectivity index (χ1) is 13.2. The van der Waals surface area contributed by atoms with Crippen molar-refractivity contribution in [2.24, 2.45) is 16.6 Å². The van der Waals surface area contributed by atoms with Gasteiger partial charge < -0.3 is 14.9 Å². The molecule has 1 aromatic heterocycles. The number of nitrogens with two attached hydrogens (primary N) is 1. The topological polar surface area (TPSA) is 73.6 Å². The summed E-state index contributed by atoms with van der Waals surface area (Å²) in [6.07, 6.45) is -4.74. The number of hydrogen-bond acceptors (Lipinski definition) is 6. The Morgan fingerprint density at radius 2 is 2.04 bits per heavy atom. The van der Waals surface area contributed by atoms with Gasteiger partial charge in [0, 0.05) is 23.3 Å². The molecule has 1 aromatic carbocycles. The molecule has 0 spiro atoms. The first kappa shape index (κ1) is 19.2. The fourth-order valence-electron chi connectivity index (χ4n) is 3.55. The van der Waals surface area contributed by atoms with Crippen molar-refractivity contribution in [3.63, 3.8) is 0 Å². The van der Waals surface area contributed by atoms with Gasteiger partial charge in [-0.25, -0.2) is 18.8 Å². The van der Waals surface area contributed by atoms with E-state index in [0.29, 0.717) is 12.0 Å². The average Bonchev–Trinajstić information content (AvgIpc) is 3.11. The molecule has 1 saturated heterocycles. The minimum absolute atomic E-state index is 0.129. The lowest BCUT2D eigenvalue weighted by Crippen LogP contribution is -2.48. The standard InChI is InChI=1S/C17H14F5N3O2S/c18-9-1-2-10(11(19)4-9)16-7-27-12(3-8(16)6-28-15(23)25-16)14-24-13(5-26-14)17(20,21)22/h1-2,4-5,8,12H,3,6-7H2,(H2,23,25)/t8-,12+,16-/m0/s1. The molecule has 1 fully saturated rings. The normalized spacial score (nSPS) is 28.0. The first-order valence-electron chi connectivity index (χ1n) is 8.27. The van der Waals surface area contributed by atoms with E-state index in [1.807, 2.05) is 0 Å². The molecule has 28 heavy (non-hydrogen) atoms. The van der Waals surface area contributed by atoms with Gasteiger partial charge in [-0.2, -0.15) is 13.2 Å². The molecule has 2 aromatic rings. The second-order valence-electron chi connectivity index (χ2n) is 6.61. The van der Waals surface area contributed by atoms with Crippen molar-refractivity contribution in [3.05, 3.63) is 53.2 Å². The summed E-state index contributed by atoms with van der Waals surface area (Å²) in [5.74, 6) is -1.60. The molecular formula is C17H14F5N3O2S. The molecule has 0 radical (unpaired) electrons. The van der Waals surface area contributed by atoms with Crippen LogP contribution in [0.1, 0.15) is 29.7 Å². The molecule has 0 unspecified atom stereocenters. The molecule has 4 rings (SSSR count). The molecule has 5 nitrogen and oxygen atoms in total. The fraction of sp³-hybridized carbons (Fsp3) is 0.412. The molecule has 0 bridgehead atoms. The molecule has 3 atom stereocenters. The minimum atomic E-state index is -4.63. The van der Waals surface area contributed by atoms with Crippen molar-refractivity contribution in [2.75, 3.05) is 12.4 Å². The van der Waals surface area contributed by atoms with Gasteiger partial charge in [-0.15, -0.1) is 0 Å². The lowest BCUT2D eigenvalue weighted by molar-refractivity contribution is -0.141. The number of hydrogen-bond donors (Lipinski definition) is 1. The molecule has 0 aliphatic carbocycles. The van der Waals surface area contributed by atoms with Crippen LogP contribution < -0.4 is 5.73 Å². The SMILES string of the molecule is NC1=N[C@@]2(c3ccc(F)cc3F)CO[C@@H](c3nc(C(F)(F)F)co3)C[C@H]2CS1. The number of thioether (sulfide) groups is 1. The molecule has 0 amide bonds. The van der Waals surface area contributed by atoms with Gasteiger partial charge in [0.1, 0.15) is 29.5 Å². The van der Waals surface area contributed by atoms with E-state index < -0.39 is 35.1 Å². The second kappa shape index (κ2) is 6.73. The predicted molar refractivity (Wildman–Crippen MR) is 90.4 cm³/mol. The summed E-state index contributed by atoms with van der Waals surface area (Å²) in [6, 6.07) is 3.17. The summed E-state index contributed by atoms with van der Waals surface area (Å²) in [4.78, 5) is 7.88. The number of rotatable bonds is 2. The van der Waals surface area contributed by atoms with Crippen LogP contribution in [0.3, 0.4) is 0 Å². The Kier molecular flexibility index (Phi) is 4.61. The zero-order chi connectivity index (χ0) is 20.1. The largest absolute Gasteiger partial charge is 0.446 e.